The maximum atomic E-state index is 12.4. The molecule has 1 N–H and O–H groups in total. The van der Waals surface area contributed by atoms with Crippen LogP contribution in [0.3, 0.4) is 0 Å². The van der Waals surface area contributed by atoms with Gasteiger partial charge in [0.25, 0.3) is 0 Å². The van der Waals surface area contributed by atoms with Crippen molar-refractivity contribution in [3.05, 3.63) is 20.3 Å². The summed E-state index contributed by atoms with van der Waals surface area (Å²) in [5.41, 5.74) is -0.319. The SMILES string of the molecule is Cc1cc(Br)c(C(=O)CC2(CC(=O)O)CCCC2)s1. The smallest absolute Gasteiger partial charge is 0.303 e. The van der Waals surface area contributed by atoms with Gasteiger partial charge in [-0.25, -0.2) is 0 Å². The zero-order valence-electron chi connectivity index (χ0n) is 10.9. The standard InChI is InChI=1S/C14H17BrO3S/c1-9-6-10(15)13(19-9)11(16)7-14(8-12(17)18)4-2-3-5-14/h6H,2-5,7-8H2,1H3,(H,17,18). The Hall–Kier alpha value is -0.680. The summed E-state index contributed by atoms with van der Waals surface area (Å²) in [7, 11) is 0. The lowest BCUT2D eigenvalue weighted by atomic mass is 9.78. The lowest BCUT2D eigenvalue weighted by molar-refractivity contribution is -0.139. The van der Waals surface area contributed by atoms with Crippen molar-refractivity contribution in [2.24, 2.45) is 5.41 Å². The summed E-state index contributed by atoms with van der Waals surface area (Å²) in [6.07, 6.45) is 4.25. The maximum Gasteiger partial charge on any atom is 0.303 e. The van der Waals surface area contributed by atoms with E-state index in [0.29, 0.717) is 6.42 Å². The van der Waals surface area contributed by atoms with E-state index >= 15 is 0 Å². The van der Waals surface area contributed by atoms with E-state index in [1.807, 2.05) is 13.0 Å². The molecule has 1 heterocycles. The molecule has 0 unspecified atom stereocenters. The van der Waals surface area contributed by atoms with Crippen molar-refractivity contribution in [3.63, 3.8) is 0 Å². The first-order valence-electron chi connectivity index (χ1n) is 6.43. The molecule has 2 rings (SSSR count). The number of Topliss-reactive ketones (excluding diaryl/α,β-unsaturated/α-hetero) is 1. The normalized spacial score (nSPS) is 17.6. The Bertz CT molecular complexity index is 501. The molecule has 0 aromatic carbocycles. The van der Waals surface area contributed by atoms with Gasteiger partial charge in [0, 0.05) is 15.8 Å². The van der Waals surface area contributed by atoms with E-state index < -0.39 is 5.97 Å². The Morgan fingerprint density at radius 2 is 2.00 bits per heavy atom. The number of thiophene rings is 1. The molecule has 1 aliphatic rings. The van der Waals surface area contributed by atoms with Crippen LogP contribution in [0.4, 0.5) is 0 Å². The number of ketones is 1. The first-order valence-corrected chi connectivity index (χ1v) is 8.04. The number of halogens is 1. The number of hydrogen-bond acceptors (Lipinski definition) is 3. The Kier molecular flexibility index (Phi) is 4.46. The van der Waals surface area contributed by atoms with E-state index in [0.717, 1.165) is 39.9 Å². The highest BCUT2D eigenvalue weighted by Gasteiger charge is 2.38. The number of hydrogen-bond donors (Lipinski definition) is 1. The second-order valence-electron chi connectivity index (χ2n) is 5.41. The zero-order valence-corrected chi connectivity index (χ0v) is 13.3. The molecule has 0 saturated heterocycles. The molecule has 1 aromatic rings. The highest BCUT2D eigenvalue weighted by molar-refractivity contribution is 9.10. The lowest BCUT2D eigenvalue weighted by Gasteiger charge is -2.26. The topological polar surface area (TPSA) is 54.4 Å². The fourth-order valence-electron chi connectivity index (χ4n) is 2.96. The third-order valence-electron chi connectivity index (χ3n) is 3.79. The average Bonchev–Trinajstić information content (AvgIpc) is 2.85. The summed E-state index contributed by atoms with van der Waals surface area (Å²) in [6, 6.07) is 1.94. The van der Waals surface area contributed by atoms with Crippen molar-refractivity contribution in [2.75, 3.05) is 0 Å². The number of carbonyl (C=O) groups is 2. The largest absolute Gasteiger partial charge is 0.481 e. The molecule has 0 aliphatic heterocycles. The third-order valence-corrected chi connectivity index (χ3v) is 5.77. The van der Waals surface area contributed by atoms with E-state index in [2.05, 4.69) is 15.9 Å². The van der Waals surface area contributed by atoms with E-state index in [-0.39, 0.29) is 17.6 Å². The van der Waals surface area contributed by atoms with Gasteiger partial charge in [-0.2, -0.15) is 0 Å². The number of carboxylic acids is 1. The minimum absolute atomic E-state index is 0.0770. The molecular weight excluding hydrogens is 328 g/mol. The minimum Gasteiger partial charge on any atom is -0.481 e. The fraction of sp³-hybridized carbons (Fsp3) is 0.571. The van der Waals surface area contributed by atoms with Gasteiger partial charge in [0.1, 0.15) is 0 Å². The molecule has 1 aromatic heterocycles. The van der Waals surface area contributed by atoms with Crippen LogP contribution in [-0.2, 0) is 4.79 Å². The highest BCUT2D eigenvalue weighted by Crippen LogP contribution is 2.45. The summed E-state index contributed by atoms with van der Waals surface area (Å²) in [5, 5.41) is 9.06. The number of carboxylic acid groups (broad SMARTS) is 1. The number of rotatable bonds is 5. The van der Waals surface area contributed by atoms with Crippen molar-refractivity contribution in [3.8, 4) is 0 Å². The Balaban J connectivity index is 2.15. The molecule has 1 fully saturated rings. The van der Waals surface area contributed by atoms with Crippen LogP contribution < -0.4 is 0 Å². The van der Waals surface area contributed by atoms with Gasteiger partial charge >= 0.3 is 5.97 Å². The van der Waals surface area contributed by atoms with E-state index in [1.165, 1.54) is 11.3 Å². The van der Waals surface area contributed by atoms with E-state index in [1.54, 1.807) is 0 Å². The zero-order chi connectivity index (χ0) is 14.0. The lowest BCUT2D eigenvalue weighted by Crippen LogP contribution is -2.24. The summed E-state index contributed by atoms with van der Waals surface area (Å²) in [4.78, 5) is 25.3. The van der Waals surface area contributed by atoms with Gasteiger partial charge in [-0.15, -0.1) is 11.3 Å². The molecule has 0 spiro atoms. The quantitative estimate of drug-likeness (QED) is 0.804. The van der Waals surface area contributed by atoms with Crippen LogP contribution in [0.15, 0.2) is 10.5 Å². The molecule has 1 aliphatic carbocycles. The Morgan fingerprint density at radius 3 is 2.47 bits per heavy atom. The summed E-state index contributed by atoms with van der Waals surface area (Å²) in [6.45, 7) is 1.97. The van der Waals surface area contributed by atoms with Crippen LogP contribution in [-0.4, -0.2) is 16.9 Å². The van der Waals surface area contributed by atoms with Crippen molar-refractivity contribution in [2.45, 2.75) is 45.4 Å². The van der Waals surface area contributed by atoms with Gasteiger partial charge in [0.15, 0.2) is 5.78 Å². The fourth-order valence-corrected chi connectivity index (χ4v) is 4.76. The molecule has 0 atom stereocenters. The average molecular weight is 345 g/mol. The molecule has 3 nitrogen and oxygen atoms in total. The summed E-state index contributed by atoms with van der Waals surface area (Å²) >= 11 is 4.89. The predicted molar refractivity (Wildman–Crippen MR) is 78.9 cm³/mol. The summed E-state index contributed by atoms with van der Waals surface area (Å²) < 4.78 is 0.837. The molecule has 5 heteroatoms. The monoisotopic (exact) mass is 344 g/mol. The molecular formula is C14H17BrO3S. The highest BCUT2D eigenvalue weighted by atomic mass is 79.9. The van der Waals surface area contributed by atoms with Gasteiger partial charge in [0.2, 0.25) is 0 Å². The van der Waals surface area contributed by atoms with Gasteiger partial charge < -0.3 is 5.11 Å². The number of aryl methyl sites for hydroxylation is 1. The first-order chi connectivity index (χ1) is 8.92. The van der Waals surface area contributed by atoms with Crippen LogP contribution in [0.2, 0.25) is 0 Å². The number of carbonyl (C=O) groups excluding carboxylic acids is 1. The Labute approximate surface area is 125 Å². The predicted octanol–water partition coefficient (Wildman–Crippen LogP) is 4.43. The summed E-state index contributed by atoms with van der Waals surface area (Å²) in [5.74, 6) is -0.718. The molecule has 0 radical (unpaired) electrons. The van der Waals surface area contributed by atoms with Crippen molar-refractivity contribution >= 4 is 39.0 Å². The molecule has 104 valence electrons. The first kappa shape index (κ1) is 14.7. The van der Waals surface area contributed by atoms with E-state index in [9.17, 15) is 9.59 Å². The minimum atomic E-state index is -0.795. The molecule has 0 bridgehead atoms. The van der Waals surface area contributed by atoms with Crippen LogP contribution in [0.1, 0.15) is 53.1 Å². The van der Waals surface area contributed by atoms with Gasteiger partial charge in [-0.05, 0) is 47.2 Å². The van der Waals surface area contributed by atoms with Gasteiger partial charge in [0.05, 0.1) is 11.3 Å². The van der Waals surface area contributed by atoms with Crippen LogP contribution in [0.25, 0.3) is 0 Å². The van der Waals surface area contributed by atoms with Gasteiger partial charge in [-0.3, -0.25) is 9.59 Å². The molecule has 0 amide bonds. The molecule has 19 heavy (non-hydrogen) atoms. The third kappa shape index (κ3) is 3.45. The van der Waals surface area contributed by atoms with Crippen molar-refractivity contribution < 1.29 is 14.7 Å². The van der Waals surface area contributed by atoms with Crippen LogP contribution in [0.5, 0.6) is 0 Å². The van der Waals surface area contributed by atoms with Crippen LogP contribution >= 0.6 is 27.3 Å². The Morgan fingerprint density at radius 1 is 1.37 bits per heavy atom. The molecule has 1 saturated carbocycles. The van der Waals surface area contributed by atoms with E-state index in [4.69, 9.17) is 5.11 Å². The van der Waals surface area contributed by atoms with Crippen molar-refractivity contribution in [1.29, 1.82) is 0 Å². The second-order valence-corrected chi connectivity index (χ2v) is 7.52. The maximum absolute atomic E-state index is 12.4. The number of aliphatic carboxylic acids is 1. The second kappa shape index (κ2) is 5.75. The van der Waals surface area contributed by atoms with Gasteiger partial charge in [-0.1, -0.05) is 12.8 Å². The van der Waals surface area contributed by atoms with Crippen molar-refractivity contribution in [1.82, 2.24) is 0 Å². The van der Waals surface area contributed by atoms with Crippen LogP contribution in [0, 0.1) is 12.3 Å².